The number of amides is 1. The summed E-state index contributed by atoms with van der Waals surface area (Å²) in [7, 11) is 0. The summed E-state index contributed by atoms with van der Waals surface area (Å²) < 4.78 is 6.67. The van der Waals surface area contributed by atoms with Crippen molar-refractivity contribution in [2.24, 2.45) is 0 Å². The van der Waals surface area contributed by atoms with Crippen LogP contribution in [-0.2, 0) is 9.53 Å². The van der Waals surface area contributed by atoms with E-state index < -0.39 is 12.0 Å². The van der Waals surface area contributed by atoms with E-state index in [0.717, 1.165) is 0 Å². The maximum atomic E-state index is 12.3. The number of ether oxygens (including phenoxy) is 1. The van der Waals surface area contributed by atoms with Gasteiger partial charge >= 0.3 is 0 Å². The second-order valence-corrected chi connectivity index (χ2v) is 5.81. The van der Waals surface area contributed by atoms with Gasteiger partial charge in [-0.15, -0.1) is 0 Å². The second kappa shape index (κ2) is 6.62. The number of nitrogens with one attached hydrogen (secondary N) is 1. The zero-order valence-corrected chi connectivity index (χ0v) is 13.6. The smallest absolute Gasteiger partial charge is 0.258 e. The fraction of sp³-hybridized carbons (Fsp3) is 0.235. The number of fused-ring (bicyclic) bond motifs is 1. The van der Waals surface area contributed by atoms with Gasteiger partial charge in [0.05, 0.1) is 25.3 Å². The first kappa shape index (κ1) is 16.3. The third-order valence-corrected chi connectivity index (χ3v) is 4.26. The molecule has 0 radical (unpaired) electrons. The highest BCUT2D eigenvalue weighted by Crippen LogP contribution is 2.29. The molecule has 3 heterocycles. The summed E-state index contributed by atoms with van der Waals surface area (Å²) in [5.41, 5.74) is 1.46. The fourth-order valence-electron chi connectivity index (χ4n) is 2.91. The molecule has 3 aromatic rings. The lowest BCUT2D eigenvalue weighted by atomic mass is 9.97. The summed E-state index contributed by atoms with van der Waals surface area (Å²) in [5, 5.41) is 16.1. The molecule has 0 saturated carbocycles. The number of anilines is 1. The molecule has 1 aliphatic rings. The van der Waals surface area contributed by atoms with Crippen molar-refractivity contribution in [3.63, 3.8) is 0 Å². The molecule has 0 bridgehead atoms. The Bertz CT molecular complexity index is 972. The number of aliphatic hydroxyl groups is 1. The van der Waals surface area contributed by atoms with Gasteiger partial charge in [0.15, 0.2) is 11.4 Å². The third-order valence-electron chi connectivity index (χ3n) is 4.26. The van der Waals surface area contributed by atoms with Crippen LogP contribution in [0.5, 0.6) is 0 Å². The molecule has 0 aliphatic carbocycles. The van der Waals surface area contributed by atoms with Gasteiger partial charge in [-0.2, -0.15) is 9.61 Å². The van der Waals surface area contributed by atoms with E-state index in [1.807, 2.05) is 6.07 Å². The standard InChI is InChI=1S/C17H15N5O4/c23-7-13-14(24)12(8-26-13)11-6-20-22-15(11)18-9-19-17(22)21-16(25)10-4-2-1-3-5-10/h1-6,9,12-13,23H,7-8H2,(H,18,19,21,25). The predicted molar refractivity (Wildman–Crippen MR) is 89.8 cm³/mol. The second-order valence-electron chi connectivity index (χ2n) is 5.81. The zero-order valence-electron chi connectivity index (χ0n) is 13.6. The Balaban J connectivity index is 1.66. The molecule has 0 spiro atoms. The highest BCUT2D eigenvalue weighted by atomic mass is 16.5. The van der Waals surface area contributed by atoms with Gasteiger partial charge in [0.1, 0.15) is 12.4 Å². The minimum Gasteiger partial charge on any atom is -0.393 e. The average Bonchev–Trinajstić information content (AvgIpc) is 3.26. The van der Waals surface area contributed by atoms with E-state index in [2.05, 4.69) is 20.4 Å². The maximum Gasteiger partial charge on any atom is 0.258 e. The van der Waals surface area contributed by atoms with Gasteiger partial charge in [-0.1, -0.05) is 18.2 Å². The largest absolute Gasteiger partial charge is 0.393 e. The van der Waals surface area contributed by atoms with Crippen molar-refractivity contribution >= 4 is 23.3 Å². The number of aromatic nitrogens is 4. The van der Waals surface area contributed by atoms with E-state index >= 15 is 0 Å². The first-order valence-electron chi connectivity index (χ1n) is 8.00. The highest BCUT2D eigenvalue weighted by Gasteiger charge is 2.37. The Morgan fingerprint density at radius 1 is 1.31 bits per heavy atom. The van der Waals surface area contributed by atoms with Crippen LogP contribution in [0.2, 0.25) is 0 Å². The predicted octanol–water partition coefficient (Wildman–Crippen LogP) is 0.420. The van der Waals surface area contributed by atoms with Crippen molar-refractivity contribution in [2.75, 3.05) is 18.5 Å². The van der Waals surface area contributed by atoms with E-state index in [1.165, 1.54) is 17.0 Å². The number of Topliss-reactive ketones (excluding diaryl/α,β-unsaturated/α-hetero) is 1. The Morgan fingerprint density at radius 2 is 2.12 bits per heavy atom. The monoisotopic (exact) mass is 353 g/mol. The lowest BCUT2D eigenvalue weighted by molar-refractivity contribution is -0.124. The number of ketones is 1. The number of hydrogen-bond acceptors (Lipinski definition) is 7. The number of hydrogen-bond donors (Lipinski definition) is 2. The van der Waals surface area contributed by atoms with Gasteiger partial charge in [0.25, 0.3) is 5.91 Å². The molecule has 2 aromatic heterocycles. The molecule has 2 atom stereocenters. The van der Waals surface area contributed by atoms with Gasteiger partial charge in [-0.05, 0) is 12.1 Å². The Kier molecular flexibility index (Phi) is 4.15. The molecular formula is C17H15N5O4. The number of rotatable bonds is 4. The SMILES string of the molecule is O=C(Nc1ncnc2c(C3COC(CO)C3=O)cnn12)c1ccccc1. The average molecular weight is 353 g/mol. The molecule has 9 heteroatoms. The van der Waals surface area contributed by atoms with Gasteiger partial charge < -0.3 is 9.84 Å². The van der Waals surface area contributed by atoms with Crippen molar-refractivity contribution in [2.45, 2.75) is 12.0 Å². The molecule has 26 heavy (non-hydrogen) atoms. The van der Waals surface area contributed by atoms with Crippen molar-refractivity contribution in [1.29, 1.82) is 0 Å². The number of aliphatic hydroxyl groups excluding tert-OH is 1. The maximum absolute atomic E-state index is 12.3. The van der Waals surface area contributed by atoms with Crippen LogP contribution in [0.3, 0.4) is 0 Å². The van der Waals surface area contributed by atoms with Crippen LogP contribution in [-0.4, -0.2) is 55.7 Å². The van der Waals surface area contributed by atoms with Crippen molar-refractivity contribution in [3.05, 3.63) is 54.0 Å². The highest BCUT2D eigenvalue weighted by molar-refractivity contribution is 6.03. The van der Waals surface area contributed by atoms with Crippen LogP contribution in [0.15, 0.2) is 42.9 Å². The Labute approximate surface area is 147 Å². The molecular weight excluding hydrogens is 338 g/mol. The molecule has 1 aliphatic heterocycles. The number of benzene rings is 1. The van der Waals surface area contributed by atoms with E-state index in [-0.39, 0.29) is 30.9 Å². The van der Waals surface area contributed by atoms with Crippen molar-refractivity contribution in [1.82, 2.24) is 19.6 Å². The van der Waals surface area contributed by atoms with Crippen LogP contribution in [0.1, 0.15) is 21.8 Å². The third kappa shape index (κ3) is 2.72. The summed E-state index contributed by atoms with van der Waals surface area (Å²) in [6, 6.07) is 8.72. The van der Waals surface area contributed by atoms with E-state index in [9.17, 15) is 14.7 Å². The molecule has 2 unspecified atom stereocenters. The molecule has 9 nitrogen and oxygen atoms in total. The van der Waals surface area contributed by atoms with Crippen LogP contribution in [0, 0.1) is 0 Å². The van der Waals surface area contributed by atoms with Crippen molar-refractivity contribution in [3.8, 4) is 0 Å². The Hall–Kier alpha value is -3.17. The van der Waals surface area contributed by atoms with Crippen LogP contribution in [0.25, 0.3) is 5.65 Å². The van der Waals surface area contributed by atoms with Gasteiger partial charge in [-0.25, -0.2) is 9.97 Å². The molecule has 132 valence electrons. The minimum atomic E-state index is -0.825. The lowest BCUT2D eigenvalue weighted by Crippen LogP contribution is -2.22. The van der Waals surface area contributed by atoms with Gasteiger partial charge in [-0.3, -0.25) is 14.9 Å². The summed E-state index contributed by atoms with van der Waals surface area (Å²) in [5.74, 6) is -0.906. The topological polar surface area (TPSA) is 119 Å². The number of carbonyl (C=O) groups excluding carboxylic acids is 2. The molecule has 1 fully saturated rings. The summed E-state index contributed by atoms with van der Waals surface area (Å²) in [6.07, 6.45) is 1.98. The summed E-state index contributed by atoms with van der Waals surface area (Å²) >= 11 is 0. The van der Waals surface area contributed by atoms with E-state index in [4.69, 9.17) is 4.74 Å². The molecule has 4 rings (SSSR count). The summed E-state index contributed by atoms with van der Waals surface area (Å²) in [4.78, 5) is 32.9. The number of nitrogens with zero attached hydrogens (tertiary/aromatic N) is 4. The quantitative estimate of drug-likeness (QED) is 0.698. The number of carbonyl (C=O) groups is 2. The Morgan fingerprint density at radius 3 is 2.85 bits per heavy atom. The van der Waals surface area contributed by atoms with Crippen LogP contribution >= 0.6 is 0 Å². The van der Waals surface area contributed by atoms with Gasteiger partial charge in [0, 0.05) is 11.1 Å². The summed E-state index contributed by atoms with van der Waals surface area (Å²) in [6.45, 7) is -0.205. The zero-order chi connectivity index (χ0) is 18.1. The normalized spacial score (nSPS) is 19.8. The molecule has 1 aromatic carbocycles. The van der Waals surface area contributed by atoms with Gasteiger partial charge in [0.2, 0.25) is 5.95 Å². The first-order chi connectivity index (χ1) is 12.7. The minimum absolute atomic E-state index is 0.154. The van der Waals surface area contributed by atoms with Crippen LogP contribution < -0.4 is 5.32 Å². The van der Waals surface area contributed by atoms with Crippen molar-refractivity contribution < 1.29 is 19.4 Å². The molecule has 1 amide bonds. The molecule has 1 saturated heterocycles. The van der Waals surface area contributed by atoms with E-state index in [1.54, 1.807) is 24.3 Å². The van der Waals surface area contributed by atoms with E-state index in [0.29, 0.717) is 16.8 Å². The molecule has 2 N–H and O–H groups in total. The fourth-order valence-corrected chi connectivity index (χ4v) is 2.91. The first-order valence-corrected chi connectivity index (χ1v) is 8.00. The lowest BCUT2D eigenvalue weighted by Gasteiger charge is -2.07. The van der Waals surface area contributed by atoms with Crippen LogP contribution in [0.4, 0.5) is 5.95 Å².